The third kappa shape index (κ3) is 7.89. The van der Waals surface area contributed by atoms with Crippen LogP contribution in [0.15, 0.2) is 91.0 Å². The lowest BCUT2D eigenvalue weighted by molar-refractivity contribution is 0.397. The van der Waals surface area contributed by atoms with Gasteiger partial charge in [0.05, 0.1) is 0 Å². The van der Waals surface area contributed by atoms with Crippen LogP contribution in [0.4, 0.5) is 0 Å². The quantitative estimate of drug-likeness (QED) is 0.363. The van der Waals surface area contributed by atoms with Crippen molar-refractivity contribution in [2.75, 3.05) is 0 Å². The molecular weight excluding hydrogens is 348 g/mol. The molecule has 0 spiro atoms. The molecule has 3 atom stereocenters. The molecule has 0 heteroatoms. The first kappa shape index (κ1) is 22.9. The molecule has 0 nitrogen and oxygen atoms in total. The minimum atomic E-state index is 0.583. The number of rotatable bonds is 8. The van der Waals surface area contributed by atoms with E-state index in [9.17, 15) is 0 Å². The Bertz CT molecular complexity index is 761. The van der Waals surface area contributed by atoms with Crippen molar-refractivity contribution in [1.82, 2.24) is 0 Å². The molecule has 29 heavy (non-hydrogen) atoms. The fourth-order valence-corrected chi connectivity index (χ4v) is 3.87. The number of aryl methyl sites for hydroxylation is 1. The van der Waals surface area contributed by atoms with Gasteiger partial charge in [0.25, 0.3) is 0 Å². The molecule has 0 aliphatic rings. The monoisotopic (exact) mass is 386 g/mol. The molecule has 3 unspecified atom stereocenters. The van der Waals surface area contributed by atoms with Gasteiger partial charge in [0.2, 0.25) is 0 Å². The van der Waals surface area contributed by atoms with Crippen molar-refractivity contribution >= 4 is 0 Å². The van der Waals surface area contributed by atoms with Crippen molar-refractivity contribution in [2.45, 2.75) is 65.2 Å². The van der Waals surface area contributed by atoms with Crippen molar-refractivity contribution in [3.05, 3.63) is 108 Å². The van der Waals surface area contributed by atoms with Crippen molar-refractivity contribution in [3.8, 4) is 0 Å². The molecule has 3 aromatic rings. The molecule has 0 aliphatic heterocycles. The van der Waals surface area contributed by atoms with Gasteiger partial charge >= 0.3 is 0 Å². The molecule has 0 heterocycles. The van der Waals surface area contributed by atoms with Crippen LogP contribution in [0.3, 0.4) is 0 Å². The van der Waals surface area contributed by atoms with Crippen LogP contribution in [0.1, 0.15) is 75.5 Å². The van der Waals surface area contributed by atoms with Crippen LogP contribution < -0.4 is 0 Å². The molecular formula is C29H38. The first-order valence-corrected chi connectivity index (χ1v) is 11.3. The minimum Gasteiger partial charge on any atom is -0.0656 e. The molecule has 0 amide bonds. The van der Waals surface area contributed by atoms with Gasteiger partial charge in [-0.1, -0.05) is 125 Å². The van der Waals surface area contributed by atoms with Gasteiger partial charge < -0.3 is 0 Å². The molecule has 0 radical (unpaired) electrons. The molecule has 0 fully saturated rings. The van der Waals surface area contributed by atoms with Crippen LogP contribution >= 0.6 is 0 Å². The fourth-order valence-electron chi connectivity index (χ4n) is 3.87. The molecule has 0 saturated heterocycles. The zero-order valence-corrected chi connectivity index (χ0v) is 18.7. The third-order valence-electron chi connectivity index (χ3n) is 5.73. The maximum Gasteiger partial charge on any atom is -0.0156 e. The lowest BCUT2D eigenvalue weighted by Gasteiger charge is -2.26. The van der Waals surface area contributed by atoms with Gasteiger partial charge in [0.15, 0.2) is 0 Å². The average molecular weight is 387 g/mol. The highest BCUT2D eigenvalue weighted by Gasteiger charge is 2.20. The Kier molecular flexibility index (Phi) is 10.3. The van der Waals surface area contributed by atoms with Gasteiger partial charge in [0.1, 0.15) is 0 Å². The Hall–Kier alpha value is -2.34. The lowest BCUT2D eigenvalue weighted by atomic mass is 9.79. The van der Waals surface area contributed by atoms with Gasteiger partial charge in [-0.3, -0.25) is 0 Å². The fraction of sp³-hybridized carbons (Fsp3) is 0.379. The van der Waals surface area contributed by atoms with Gasteiger partial charge in [-0.2, -0.15) is 0 Å². The molecule has 3 aromatic carbocycles. The summed E-state index contributed by atoms with van der Waals surface area (Å²) in [7, 11) is 0. The second-order valence-corrected chi connectivity index (χ2v) is 8.25. The van der Waals surface area contributed by atoms with E-state index in [4.69, 9.17) is 0 Å². The van der Waals surface area contributed by atoms with Crippen LogP contribution in [-0.4, -0.2) is 0 Å². The first-order chi connectivity index (χ1) is 14.2. The van der Waals surface area contributed by atoms with Gasteiger partial charge in [0, 0.05) is 0 Å². The summed E-state index contributed by atoms with van der Waals surface area (Å²) in [6, 6.07) is 32.9. The van der Waals surface area contributed by atoms with Crippen molar-refractivity contribution in [1.29, 1.82) is 0 Å². The van der Waals surface area contributed by atoms with E-state index in [1.165, 1.54) is 36.0 Å². The summed E-state index contributed by atoms with van der Waals surface area (Å²) in [6.07, 6.45) is 4.83. The second kappa shape index (κ2) is 13.0. The Labute approximate surface area is 179 Å². The molecule has 0 N–H and O–H groups in total. The van der Waals surface area contributed by atoms with Crippen LogP contribution in [-0.2, 0) is 6.42 Å². The molecule has 0 aromatic heterocycles. The normalized spacial score (nSPS) is 13.7. The Morgan fingerprint density at radius 3 is 1.59 bits per heavy atom. The largest absolute Gasteiger partial charge is 0.0656 e. The molecule has 154 valence electrons. The summed E-state index contributed by atoms with van der Waals surface area (Å²) in [5.41, 5.74) is 4.38. The SMILES string of the molecule is CC(CC(CCc1ccccc1)c1ccccc1)C(C)c1ccccc1.CCC. The van der Waals surface area contributed by atoms with Crippen LogP contribution in [0.2, 0.25) is 0 Å². The van der Waals surface area contributed by atoms with Crippen molar-refractivity contribution in [3.63, 3.8) is 0 Å². The standard InChI is InChI=1S/C26H30.C3H8/c1-21(22(2)24-14-8-4-9-15-24)20-26(25-16-10-5-11-17-25)19-18-23-12-6-3-7-13-23;1-3-2/h3-17,21-22,26H,18-20H2,1-2H3;3H2,1-2H3. The van der Waals surface area contributed by atoms with Crippen LogP contribution in [0.25, 0.3) is 0 Å². The summed E-state index contributed by atoms with van der Waals surface area (Å²) >= 11 is 0. The van der Waals surface area contributed by atoms with Gasteiger partial charge in [-0.15, -0.1) is 0 Å². The number of hydrogen-bond acceptors (Lipinski definition) is 0. The predicted molar refractivity (Wildman–Crippen MR) is 129 cm³/mol. The third-order valence-corrected chi connectivity index (χ3v) is 5.73. The van der Waals surface area contributed by atoms with E-state index in [1.54, 1.807) is 0 Å². The van der Waals surface area contributed by atoms with Gasteiger partial charge in [-0.25, -0.2) is 0 Å². The maximum atomic E-state index is 2.41. The Balaban J connectivity index is 0.000000941. The van der Waals surface area contributed by atoms with E-state index in [2.05, 4.69) is 119 Å². The summed E-state index contributed by atoms with van der Waals surface area (Å²) < 4.78 is 0. The molecule has 0 saturated carbocycles. The highest BCUT2D eigenvalue weighted by molar-refractivity contribution is 5.23. The van der Waals surface area contributed by atoms with Gasteiger partial charge in [-0.05, 0) is 53.7 Å². The van der Waals surface area contributed by atoms with E-state index in [0.717, 1.165) is 6.42 Å². The maximum absolute atomic E-state index is 2.41. The van der Waals surface area contributed by atoms with E-state index in [0.29, 0.717) is 17.8 Å². The average Bonchev–Trinajstić information content (AvgIpc) is 2.78. The molecule has 0 bridgehead atoms. The number of benzene rings is 3. The summed E-state index contributed by atoms with van der Waals surface area (Å²) in [5.74, 6) is 1.84. The van der Waals surface area contributed by atoms with E-state index < -0.39 is 0 Å². The zero-order valence-electron chi connectivity index (χ0n) is 18.7. The zero-order chi connectivity index (χ0) is 20.9. The van der Waals surface area contributed by atoms with Crippen LogP contribution in [0, 0.1) is 5.92 Å². The van der Waals surface area contributed by atoms with Crippen LogP contribution in [0.5, 0.6) is 0 Å². The number of hydrogen-bond donors (Lipinski definition) is 0. The molecule has 0 aliphatic carbocycles. The van der Waals surface area contributed by atoms with E-state index in [-0.39, 0.29) is 0 Å². The van der Waals surface area contributed by atoms with E-state index >= 15 is 0 Å². The minimum absolute atomic E-state index is 0.583. The Morgan fingerprint density at radius 2 is 1.07 bits per heavy atom. The Morgan fingerprint density at radius 1 is 0.621 bits per heavy atom. The summed E-state index contributed by atoms with van der Waals surface area (Å²) in [6.45, 7) is 9.04. The summed E-state index contributed by atoms with van der Waals surface area (Å²) in [4.78, 5) is 0. The second-order valence-electron chi connectivity index (χ2n) is 8.25. The lowest BCUT2D eigenvalue weighted by Crippen LogP contribution is -2.12. The highest BCUT2D eigenvalue weighted by Crippen LogP contribution is 2.35. The predicted octanol–water partition coefficient (Wildman–Crippen LogP) is 8.65. The van der Waals surface area contributed by atoms with Crippen molar-refractivity contribution in [2.24, 2.45) is 5.92 Å². The van der Waals surface area contributed by atoms with Crippen molar-refractivity contribution < 1.29 is 0 Å². The smallest absolute Gasteiger partial charge is 0.0156 e. The summed E-state index contributed by atoms with van der Waals surface area (Å²) in [5, 5.41) is 0. The molecule has 3 rings (SSSR count). The first-order valence-electron chi connectivity index (χ1n) is 11.3. The highest BCUT2D eigenvalue weighted by atomic mass is 14.2. The topological polar surface area (TPSA) is 0 Å². The van der Waals surface area contributed by atoms with E-state index in [1.807, 2.05) is 0 Å².